The van der Waals surface area contributed by atoms with Gasteiger partial charge in [-0.05, 0) is 44.2 Å². The smallest absolute Gasteiger partial charge is 0.318 e. The number of hydrogen-bond acceptors (Lipinski definition) is 2. The highest BCUT2D eigenvalue weighted by molar-refractivity contribution is 5.82. The highest BCUT2D eigenvalue weighted by Gasteiger charge is 2.73. The first-order chi connectivity index (χ1) is 12.3. The van der Waals surface area contributed by atoms with E-state index in [2.05, 4.69) is 5.10 Å². The van der Waals surface area contributed by atoms with Gasteiger partial charge in [0.2, 0.25) is 0 Å². The third-order valence-electron chi connectivity index (χ3n) is 3.71. The molecule has 2 aromatic rings. The summed E-state index contributed by atoms with van der Waals surface area (Å²) in [4.78, 5) is 0. The fourth-order valence-electron chi connectivity index (χ4n) is 2.34. The predicted molar refractivity (Wildman–Crippen MR) is 81.9 cm³/mol. The summed E-state index contributed by atoms with van der Waals surface area (Å²) < 4.78 is 103. The Labute approximate surface area is 148 Å². The molecule has 11 heteroatoms. The molecular formula is C16H13F8N3. The summed E-state index contributed by atoms with van der Waals surface area (Å²) in [6.45, 7) is 3.17. The highest BCUT2D eigenvalue weighted by Crippen LogP contribution is 2.45. The Balaban J connectivity index is 2.26. The summed E-state index contributed by atoms with van der Waals surface area (Å²) in [5.41, 5.74) is 2.29. The van der Waals surface area contributed by atoms with Gasteiger partial charge in [0.1, 0.15) is 5.82 Å². The Hall–Kier alpha value is -2.59. The molecule has 148 valence electrons. The average molecular weight is 399 g/mol. The van der Waals surface area contributed by atoms with Crippen LogP contribution in [0.1, 0.15) is 17.0 Å². The van der Waals surface area contributed by atoms with E-state index in [4.69, 9.17) is 0 Å². The number of nitrogens with one attached hydrogen (secondary N) is 1. The SMILES string of the molecule is Cc1cc(/C=N\NC(F)(F)C(F)(F)C(F)(F)F)c(C)n1-c1ccc(F)cc1. The molecule has 1 N–H and O–H groups in total. The minimum absolute atomic E-state index is 0.190. The van der Waals surface area contributed by atoms with Crippen LogP contribution in [0.5, 0.6) is 0 Å². The number of benzene rings is 1. The van der Waals surface area contributed by atoms with Crippen LogP contribution in [0.4, 0.5) is 35.1 Å². The normalized spacial score (nSPS) is 13.4. The maximum absolute atomic E-state index is 13.2. The Kier molecular flexibility index (Phi) is 5.26. The Morgan fingerprint density at radius 2 is 1.52 bits per heavy atom. The van der Waals surface area contributed by atoms with Gasteiger partial charge in [-0.3, -0.25) is 0 Å². The van der Waals surface area contributed by atoms with Crippen molar-refractivity contribution < 1.29 is 35.1 Å². The van der Waals surface area contributed by atoms with Crippen LogP contribution in [-0.4, -0.2) is 28.9 Å². The van der Waals surface area contributed by atoms with E-state index in [-0.39, 0.29) is 5.56 Å². The molecule has 0 aliphatic carbocycles. The lowest BCUT2D eigenvalue weighted by Gasteiger charge is -2.27. The lowest BCUT2D eigenvalue weighted by molar-refractivity contribution is -0.361. The van der Waals surface area contributed by atoms with Crippen LogP contribution in [0, 0.1) is 19.7 Å². The van der Waals surface area contributed by atoms with E-state index < -0.39 is 24.0 Å². The van der Waals surface area contributed by atoms with Gasteiger partial charge in [0.25, 0.3) is 0 Å². The van der Waals surface area contributed by atoms with Gasteiger partial charge in [-0.2, -0.15) is 35.8 Å². The van der Waals surface area contributed by atoms with Crippen LogP contribution in [0.25, 0.3) is 5.69 Å². The Morgan fingerprint density at radius 1 is 0.963 bits per heavy atom. The number of aromatic nitrogens is 1. The molecular weight excluding hydrogens is 386 g/mol. The molecule has 0 aliphatic heterocycles. The van der Waals surface area contributed by atoms with Gasteiger partial charge in [-0.15, -0.1) is 0 Å². The summed E-state index contributed by atoms with van der Waals surface area (Å²) in [6.07, 6.45) is -5.75. The molecule has 0 saturated carbocycles. The van der Waals surface area contributed by atoms with E-state index in [9.17, 15) is 35.1 Å². The summed E-state index contributed by atoms with van der Waals surface area (Å²) in [6, 6.07) is 1.11. The van der Waals surface area contributed by atoms with Crippen molar-refractivity contribution in [3.63, 3.8) is 0 Å². The maximum atomic E-state index is 13.2. The van der Waals surface area contributed by atoms with Crippen molar-refractivity contribution >= 4 is 6.21 Å². The van der Waals surface area contributed by atoms with E-state index in [1.54, 1.807) is 18.4 Å². The number of aryl methyl sites for hydroxylation is 1. The summed E-state index contributed by atoms with van der Waals surface area (Å²) in [7, 11) is 0. The van der Waals surface area contributed by atoms with Crippen molar-refractivity contribution in [2.45, 2.75) is 32.0 Å². The van der Waals surface area contributed by atoms with Crippen LogP contribution in [0.2, 0.25) is 0 Å². The molecule has 0 amide bonds. The van der Waals surface area contributed by atoms with Crippen LogP contribution in [0.15, 0.2) is 35.4 Å². The van der Waals surface area contributed by atoms with Crippen molar-refractivity contribution in [3.05, 3.63) is 53.1 Å². The maximum Gasteiger partial charge on any atom is 0.462 e. The molecule has 0 saturated heterocycles. The first kappa shape index (κ1) is 20.7. The van der Waals surface area contributed by atoms with Crippen LogP contribution in [0.3, 0.4) is 0 Å². The van der Waals surface area contributed by atoms with Crippen molar-refractivity contribution in [1.82, 2.24) is 9.99 Å². The Bertz CT molecular complexity index is 835. The van der Waals surface area contributed by atoms with E-state index in [0.717, 1.165) is 0 Å². The summed E-state index contributed by atoms with van der Waals surface area (Å²) in [5.74, 6) is -6.78. The molecule has 0 unspecified atom stereocenters. The highest BCUT2D eigenvalue weighted by atomic mass is 19.4. The van der Waals surface area contributed by atoms with Crippen molar-refractivity contribution in [3.8, 4) is 5.69 Å². The zero-order valence-electron chi connectivity index (χ0n) is 13.9. The van der Waals surface area contributed by atoms with Crippen LogP contribution in [-0.2, 0) is 0 Å². The largest absolute Gasteiger partial charge is 0.462 e. The molecule has 1 heterocycles. The second kappa shape index (κ2) is 6.86. The summed E-state index contributed by atoms with van der Waals surface area (Å²) >= 11 is 0. The average Bonchev–Trinajstić information content (AvgIpc) is 2.81. The number of hydrazone groups is 1. The van der Waals surface area contributed by atoms with Crippen LogP contribution < -0.4 is 5.43 Å². The van der Waals surface area contributed by atoms with Gasteiger partial charge in [0.15, 0.2) is 0 Å². The number of rotatable bonds is 5. The van der Waals surface area contributed by atoms with E-state index in [1.807, 2.05) is 0 Å². The van der Waals surface area contributed by atoms with Crippen LogP contribution >= 0.6 is 0 Å². The molecule has 0 aliphatic rings. The van der Waals surface area contributed by atoms with Gasteiger partial charge in [0.05, 0.1) is 6.21 Å². The van der Waals surface area contributed by atoms with Crippen molar-refractivity contribution in [2.75, 3.05) is 0 Å². The standard InChI is InChI=1S/C16H13F8N3/c1-9-7-11(10(2)27(9)13-5-3-12(17)4-6-13)8-25-26-16(23,24)14(18,19)15(20,21)22/h3-8,26H,1-2H3/b25-8-. The lowest BCUT2D eigenvalue weighted by Crippen LogP contribution is -2.58. The number of hydrogen-bond donors (Lipinski definition) is 1. The third kappa shape index (κ3) is 3.91. The second-order valence-electron chi connectivity index (χ2n) is 5.65. The van der Waals surface area contributed by atoms with Gasteiger partial charge in [-0.1, -0.05) is 0 Å². The molecule has 0 atom stereocenters. The lowest BCUT2D eigenvalue weighted by atomic mass is 10.2. The van der Waals surface area contributed by atoms with Gasteiger partial charge in [0, 0.05) is 22.6 Å². The quantitative estimate of drug-likeness (QED) is 0.328. The summed E-state index contributed by atoms with van der Waals surface area (Å²) in [5, 5.41) is 2.84. The predicted octanol–water partition coefficient (Wildman–Crippen LogP) is 4.95. The minimum atomic E-state index is -6.45. The molecule has 0 radical (unpaired) electrons. The molecule has 1 aromatic heterocycles. The van der Waals surface area contributed by atoms with Gasteiger partial charge in [-0.25, -0.2) is 9.82 Å². The monoisotopic (exact) mass is 399 g/mol. The Morgan fingerprint density at radius 3 is 2.04 bits per heavy atom. The second-order valence-corrected chi connectivity index (χ2v) is 5.65. The van der Waals surface area contributed by atoms with Crippen molar-refractivity contribution in [2.24, 2.45) is 5.10 Å². The minimum Gasteiger partial charge on any atom is -0.318 e. The van der Waals surface area contributed by atoms with E-state index in [0.29, 0.717) is 28.7 Å². The zero-order chi connectivity index (χ0) is 20.6. The molecule has 0 fully saturated rings. The first-order valence-electron chi connectivity index (χ1n) is 7.35. The molecule has 27 heavy (non-hydrogen) atoms. The van der Waals surface area contributed by atoms with Gasteiger partial charge < -0.3 is 4.57 Å². The fourth-order valence-corrected chi connectivity index (χ4v) is 2.34. The third-order valence-corrected chi connectivity index (χ3v) is 3.71. The number of nitrogens with zero attached hydrogens (tertiary/aromatic N) is 2. The first-order valence-corrected chi connectivity index (χ1v) is 7.35. The van der Waals surface area contributed by atoms with Crippen molar-refractivity contribution in [1.29, 1.82) is 0 Å². The topological polar surface area (TPSA) is 29.3 Å². The number of halogens is 8. The zero-order valence-corrected chi connectivity index (χ0v) is 13.9. The van der Waals surface area contributed by atoms with Gasteiger partial charge >= 0.3 is 18.1 Å². The molecule has 2 rings (SSSR count). The number of alkyl halides is 7. The molecule has 1 aromatic carbocycles. The molecule has 0 spiro atoms. The molecule has 0 bridgehead atoms. The van der Waals surface area contributed by atoms with E-state index in [1.165, 1.54) is 30.3 Å². The van der Waals surface area contributed by atoms with E-state index >= 15 is 0 Å². The molecule has 3 nitrogen and oxygen atoms in total. The fraction of sp³-hybridized carbons (Fsp3) is 0.312.